The predicted octanol–water partition coefficient (Wildman–Crippen LogP) is 1.05. The third kappa shape index (κ3) is 2.86. The molecule has 1 aliphatic rings. The first-order chi connectivity index (χ1) is 4.30. The minimum Gasteiger partial charge on any atom is -0.375 e. The monoisotopic (exact) mass is 165 g/mol. The molecule has 0 spiro atoms. The molecule has 0 saturated carbocycles. The van der Waals surface area contributed by atoms with Crippen molar-refractivity contribution < 1.29 is 4.74 Å². The number of halogens is 1. The van der Waals surface area contributed by atoms with Crippen LogP contribution >= 0.6 is 12.4 Å². The highest BCUT2D eigenvalue weighted by atomic mass is 35.5. The Kier molecular flexibility index (Phi) is 5.04. The van der Waals surface area contributed by atoms with Crippen LogP contribution in [-0.2, 0) is 4.74 Å². The number of hydrogen-bond donors (Lipinski definition) is 1. The van der Waals surface area contributed by atoms with E-state index in [2.05, 4.69) is 19.2 Å². The van der Waals surface area contributed by atoms with E-state index in [0.29, 0.717) is 12.0 Å². The van der Waals surface area contributed by atoms with Gasteiger partial charge in [0.05, 0.1) is 12.7 Å². The van der Waals surface area contributed by atoms with E-state index in [4.69, 9.17) is 4.74 Å². The Morgan fingerprint density at radius 3 is 2.50 bits per heavy atom. The Bertz CT molecular complexity index is 81.7. The Morgan fingerprint density at radius 1 is 1.50 bits per heavy atom. The van der Waals surface area contributed by atoms with Crippen LogP contribution in [0.4, 0.5) is 0 Å². The molecule has 2 nitrogen and oxygen atoms in total. The molecule has 0 aromatic heterocycles. The number of nitrogens with one attached hydrogen (secondary N) is 1. The molecular formula is C7H16ClNO. The molecular weight excluding hydrogens is 150 g/mol. The van der Waals surface area contributed by atoms with E-state index in [9.17, 15) is 0 Å². The van der Waals surface area contributed by atoms with Crippen molar-refractivity contribution >= 4 is 12.4 Å². The van der Waals surface area contributed by atoms with Crippen molar-refractivity contribution in [2.75, 3.05) is 19.7 Å². The second-order valence-electron chi connectivity index (χ2n) is 2.86. The molecule has 1 aliphatic heterocycles. The maximum atomic E-state index is 5.48. The molecule has 10 heavy (non-hydrogen) atoms. The highest BCUT2D eigenvalue weighted by Crippen LogP contribution is 2.06. The number of morpholine rings is 1. The van der Waals surface area contributed by atoms with Crippen molar-refractivity contribution in [3.05, 3.63) is 0 Å². The molecule has 0 bridgehead atoms. The van der Waals surface area contributed by atoms with Crippen LogP contribution in [0.15, 0.2) is 0 Å². The van der Waals surface area contributed by atoms with Crippen LogP contribution < -0.4 is 5.32 Å². The van der Waals surface area contributed by atoms with Crippen LogP contribution in [0.2, 0.25) is 0 Å². The standard InChI is InChI=1S/C7H15NO.ClH/c1-6(2)7-5-8-3-4-9-7;/h6-8H,3-5H2,1-2H3;1H. The smallest absolute Gasteiger partial charge is 0.0722 e. The summed E-state index contributed by atoms with van der Waals surface area (Å²) in [5.41, 5.74) is 0. The zero-order valence-electron chi connectivity index (χ0n) is 6.59. The molecule has 1 atom stereocenters. The summed E-state index contributed by atoms with van der Waals surface area (Å²) in [6.45, 7) is 7.30. The van der Waals surface area contributed by atoms with Crippen molar-refractivity contribution in [2.45, 2.75) is 20.0 Å². The summed E-state index contributed by atoms with van der Waals surface area (Å²) < 4.78 is 5.48. The Labute approximate surface area is 68.7 Å². The number of hydrogen-bond acceptors (Lipinski definition) is 2. The lowest BCUT2D eigenvalue weighted by Gasteiger charge is -2.26. The van der Waals surface area contributed by atoms with Crippen molar-refractivity contribution in [3.63, 3.8) is 0 Å². The van der Waals surface area contributed by atoms with Crippen LogP contribution in [0, 0.1) is 5.92 Å². The van der Waals surface area contributed by atoms with Gasteiger partial charge in [0.15, 0.2) is 0 Å². The van der Waals surface area contributed by atoms with Gasteiger partial charge in [-0.15, -0.1) is 12.4 Å². The Hall–Kier alpha value is 0.210. The highest BCUT2D eigenvalue weighted by Gasteiger charge is 2.15. The van der Waals surface area contributed by atoms with E-state index >= 15 is 0 Å². The van der Waals surface area contributed by atoms with Gasteiger partial charge in [0.2, 0.25) is 0 Å². The van der Waals surface area contributed by atoms with Gasteiger partial charge in [0.25, 0.3) is 0 Å². The zero-order valence-corrected chi connectivity index (χ0v) is 7.41. The summed E-state index contributed by atoms with van der Waals surface area (Å²) >= 11 is 0. The minimum atomic E-state index is 0. The molecule has 1 fully saturated rings. The minimum absolute atomic E-state index is 0. The van der Waals surface area contributed by atoms with Crippen LogP contribution in [-0.4, -0.2) is 25.8 Å². The largest absolute Gasteiger partial charge is 0.375 e. The van der Waals surface area contributed by atoms with Gasteiger partial charge < -0.3 is 10.1 Å². The Morgan fingerprint density at radius 2 is 2.20 bits per heavy atom. The normalized spacial score (nSPS) is 26.1. The van der Waals surface area contributed by atoms with Crippen molar-refractivity contribution in [2.24, 2.45) is 5.92 Å². The van der Waals surface area contributed by atoms with E-state index in [-0.39, 0.29) is 12.4 Å². The average Bonchev–Trinajstić information content (AvgIpc) is 1.90. The molecule has 1 heterocycles. The lowest BCUT2D eigenvalue weighted by Crippen LogP contribution is -2.41. The first kappa shape index (κ1) is 10.2. The maximum absolute atomic E-state index is 5.48. The van der Waals surface area contributed by atoms with E-state index < -0.39 is 0 Å². The van der Waals surface area contributed by atoms with E-state index in [1.54, 1.807) is 0 Å². The maximum Gasteiger partial charge on any atom is 0.0722 e. The molecule has 1 N–H and O–H groups in total. The van der Waals surface area contributed by atoms with Gasteiger partial charge in [-0.25, -0.2) is 0 Å². The molecule has 0 aromatic rings. The van der Waals surface area contributed by atoms with Gasteiger partial charge in [-0.2, -0.15) is 0 Å². The third-order valence-corrected chi connectivity index (χ3v) is 1.70. The van der Waals surface area contributed by atoms with Crippen molar-refractivity contribution in [3.8, 4) is 0 Å². The lowest BCUT2D eigenvalue weighted by atomic mass is 10.1. The van der Waals surface area contributed by atoms with Crippen molar-refractivity contribution in [1.29, 1.82) is 0 Å². The first-order valence-corrected chi connectivity index (χ1v) is 3.63. The third-order valence-electron chi connectivity index (χ3n) is 1.70. The number of ether oxygens (including phenoxy) is 1. The molecule has 0 radical (unpaired) electrons. The lowest BCUT2D eigenvalue weighted by molar-refractivity contribution is 0.000508. The molecule has 0 aliphatic carbocycles. The topological polar surface area (TPSA) is 21.3 Å². The van der Waals surface area contributed by atoms with Gasteiger partial charge in [-0.3, -0.25) is 0 Å². The molecule has 1 saturated heterocycles. The fourth-order valence-corrected chi connectivity index (χ4v) is 1.01. The predicted molar refractivity (Wildman–Crippen MR) is 44.7 cm³/mol. The molecule has 1 rings (SSSR count). The number of rotatable bonds is 1. The van der Waals surface area contributed by atoms with Crippen LogP contribution in [0.5, 0.6) is 0 Å². The highest BCUT2D eigenvalue weighted by molar-refractivity contribution is 5.85. The van der Waals surface area contributed by atoms with Crippen LogP contribution in [0.25, 0.3) is 0 Å². The van der Waals surface area contributed by atoms with Crippen LogP contribution in [0.3, 0.4) is 0 Å². The van der Waals surface area contributed by atoms with Gasteiger partial charge in [-0.1, -0.05) is 13.8 Å². The second-order valence-corrected chi connectivity index (χ2v) is 2.86. The summed E-state index contributed by atoms with van der Waals surface area (Å²) in [4.78, 5) is 0. The van der Waals surface area contributed by atoms with Gasteiger partial charge >= 0.3 is 0 Å². The summed E-state index contributed by atoms with van der Waals surface area (Å²) in [7, 11) is 0. The second kappa shape index (κ2) is 4.94. The van der Waals surface area contributed by atoms with Gasteiger partial charge in [0.1, 0.15) is 0 Å². The van der Waals surface area contributed by atoms with Gasteiger partial charge in [-0.05, 0) is 5.92 Å². The molecule has 62 valence electrons. The molecule has 3 heteroatoms. The van der Waals surface area contributed by atoms with E-state index in [0.717, 1.165) is 19.7 Å². The van der Waals surface area contributed by atoms with Gasteiger partial charge in [0, 0.05) is 13.1 Å². The summed E-state index contributed by atoms with van der Waals surface area (Å²) in [5, 5.41) is 3.29. The SMILES string of the molecule is CC(C)C1CNCCO1.Cl. The average molecular weight is 166 g/mol. The summed E-state index contributed by atoms with van der Waals surface area (Å²) in [5.74, 6) is 0.651. The molecule has 0 amide bonds. The van der Waals surface area contributed by atoms with E-state index in [1.165, 1.54) is 0 Å². The van der Waals surface area contributed by atoms with Crippen LogP contribution in [0.1, 0.15) is 13.8 Å². The Balaban J connectivity index is 0.000000810. The zero-order chi connectivity index (χ0) is 6.69. The fourth-order valence-electron chi connectivity index (χ4n) is 1.01. The molecule has 1 unspecified atom stereocenters. The fraction of sp³-hybridized carbons (Fsp3) is 1.00. The summed E-state index contributed by atoms with van der Waals surface area (Å²) in [6, 6.07) is 0. The first-order valence-electron chi connectivity index (χ1n) is 3.63. The quantitative estimate of drug-likeness (QED) is 0.628. The van der Waals surface area contributed by atoms with E-state index in [1.807, 2.05) is 0 Å². The summed E-state index contributed by atoms with van der Waals surface area (Å²) in [6.07, 6.45) is 0.443. The molecule has 0 aromatic carbocycles. The van der Waals surface area contributed by atoms with Crippen molar-refractivity contribution in [1.82, 2.24) is 5.32 Å².